The van der Waals surface area contributed by atoms with Crippen LogP contribution in [0.15, 0.2) is 12.1 Å². The molecule has 112 valence electrons. The molecule has 0 amide bonds. The molecule has 2 heterocycles. The molecule has 5 nitrogen and oxygen atoms in total. The first-order chi connectivity index (χ1) is 9.21. The number of aromatic nitrogens is 1. The topological polar surface area (TPSA) is 80.4 Å². The Morgan fingerprint density at radius 1 is 1.55 bits per heavy atom. The number of rotatable bonds is 3. The summed E-state index contributed by atoms with van der Waals surface area (Å²) in [6.07, 6.45) is -4.47. The van der Waals surface area contributed by atoms with Gasteiger partial charge >= 0.3 is 6.18 Å². The second-order valence-electron chi connectivity index (χ2n) is 4.88. The Bertz CT molecular complexity index is 495. The highest BCUT2D eigenvalue weighted by atomic mass is 19.4. The molecule has 2 rings (SSSR count). The standard InChI is InChI=1S/C12H16F3N3O2/c1-7-11(19,2-3-20-7)6-17-10-5-8(12(13,14)15)4-9(16)18-10/h4-5,7,19H,2-3,6H2,1H3,(H3,16,17,18). The number of hydrogen-bond acceptors (Lipinski definition) is 5. The molecular formula is C12H16F3N3O2. The predicted octanol–water partition coefficient (Wildman–Crippen LogP) is 1.63. The van der Waals surface area contributed by atoms with E-state index < -0.39 is 23.4 Å². The molecule has 1 aromatic heterocycles. The lowest BCUT2D eigenvalue weighted by Gasteiger charge is -2.26. The molecule has 2 unspecified atom stereocenters. The number of nitrogens with two attached hydrogens (primary N) is 1. The molecule has 0 aliphatic carbocycles. The molecule has 1 aromatic rings. The maximum atomic E-state index is 12.6. The average molecular weight is 291 g/mol. The molecule has 0 aromatic carbocycles. The van der Waals surface area contributed by atoms with E-state index >= 15 is 0 Å². The Hall–Kier alpha value is -1.54. The Balaban J connectivity index is 2.12. The predicted molar refractivity (Wildman–Crippen MR) is 67.1 cm³/mol. The monoisotopic (exact) mass is 291 g/mol. The van der Waals surface area contributed by atoms with Crippen molar-refractivity contribution in [1.82, 2.24) is 4.98 Å². The number of nitrogens with zero attached hydrogens (tertiary/aromatic N) is 1. The van der Waals surface area contributed by atoms with Crippen LogP contribution in [-0.4, -0.2) is 34.9 Å². The van der Waals surface area contributed by atoms with Crippen molar-refractivity contribution in [1.29, 1.82) is 0 Å². The van der Waals surface area contributed by atoms with Crippen LogP contribution in [0.5, 0.6) is 0 Å². The zero-order valence-electron chi connectivity index (χ0n) is 10.9. The smallest absolute Gasteiger partial charge is 0.385 e. The van der Waals surface area contributed by atoms with Crippen LogP contribution in [0.1, 0.15) is 18.9 Å². The van der Waals surface area contributed by atoms with Crippen molar-refractivity contribution >= 4 is 11.6 Å². The first-order valence-electron chi connectivity index (χ1n) is 6.13. The largest absolute Gasteiger partial charge is 0.416 e. The van der Waals surface area contributed by atoms with Crippen LogP contribution < -0.4 is 11.1 Å². The van der Waals surface area contributed by atoms with E-state index in [1.807, 2.05) is 0 Å². The highest BCUT2D eigenvalue weighted by molar-refractivity contribution is 5.47. The number of hydrogen-bond donors (Lipinski definition) is 3. The number of aliphatic hydroxyl groups is 1. The fourth-order valence-electron chi connectivity index (χ4n) is 2.05. The fourth-order valence-corrected chi connectivity index (χ4v) is 2.05. The van der Waals surface area contributed by atoms with Gasteiger partial charge in [-0.2, -0.15) is 13.2 Å². The van der Waals surface area contributed by atoms with Crippen LogP contribution in [0, 0.1) is 0 Å². The summed E-state index contributed by atoms with van der Waals surface area (Å²) in [7, 11) is 0. The summed E-state index contributed by atoms with van der Waals surface area (Å²) in [6.45, 7) is 2.17. The van der Waals surface area contributed by atoms with Gasteiger partial charge in [-0.1, -0.05) is 0 Å². The number of anilines is 2. The van der Waals surface area contributed by atoms with Crippen molar-refractivity contribution in [3.63, 3.8) is 0 Å². The van der Waals surface area contributed by atoms with Gasteiger partial charge in [0.2, 0.25) is 0 Å². The molecule has 4 N–H and O–H groups in total. The third-order valence-electron chi connectivity index (χ3n) is 3.41. The molecule has 20 heavy (non-hydrogen) atoms. The Labute approximate surface area is 113 Å². The van der Waals surface area contributed by atoms with Crippen molar-refractivity contribution in [2.45, 2.75) is 31.2 Å². The van der Waals surface area contributed by atoms with E-state index in [0.29, 0.717) is 13.0 Å². The minimum atomic E-state index is -4.49. The van der Waals surface area contributed by atoms with Crippen LogP contribution in [0.2, 0.25) is 0 Å². The van der Waals surface area contributed by atoms with Crippen LogP contribution in [0.4, 0.5) is 24.8 Å². The van der Waals surface area contributed by atoms with Gasteiger partial charge in [0.05, 0.1) is 11.7 Å². The van der Waals surface area contributed by atoms with Crippen LogP contribution in [0.25, 0.3) is 0 Å². The summed E-state index contributed by atoms with van der Waals surface area (Å²) in [4.78, 5) is 3.78. The van der Waals surface area contributed by atoms with Gasteiger partial charge in [0.25, 0.3) is 0 Å². The van der Waals surface area contributed by atoms with E-state index in [0.717, 1.165) is 12.1 Å². The van der Waals surface area contributed by atoms with E-state index in [1.54, 1.807) is 6.92 Å². The van der Waals surface area contributed by atoms with Gasteiger partial charge in [0.15, 0.2) is 0 Å². The van der Waals surface area contributed by atoms with Crippen molar-refractivity contribution in [2.24, 2.45) is 0 Å². The second kappa shape index (κ2) is 5.10. The third-order valence-corrected chi connectivity index (χ3v) is 3.41. The average Bonchev–Trinajstić information content (AvgIpc) is 2.66. The maximum Gasteiger partial charge on any atom is 0.416 e. The quantitative estimate of drug-likeness (QED) is 0.789. The molecule has 0 bridgehead atoms. The van der Waals surface area contributed by atoms with E-state index in [4.69, 9.17) is 10.5 Å². The van der Waals surface area contributed by atoms with Crippen LogP contribution in [0.3, 0.4) is 0 Å². The lowest BCUT2D eigenvalue weighted by Crippen LogP contribution is -2.43. The van der Waals surface area contributed by atoms with Crippen molar-refractivity contribution in [3.05, 3.63) is 17.7 Å². The van der Waals surface area contributed by atoms with Gasteiger partial charge in [-0.15, -0.1) is 0 Å². The maximum absolute atomic E-state index is 12.6. The Morgan fingerprint density at radius 3 is 2.80 bits per heavy atom. The molecule has 1 fully saturated rings. The first-order valence-corrected chi connectivity index (χ1v) is 6.13. The van der Waals surface area contributed by atoms with Gasteiger partial charge in [0, 0.05) is 19.6 Å². The van der Waals surface area contributed by atoms with Gasteiger partial charge < -0.3 is 20.9 Å². The van der Waals surface area contributed by atoms with Gasteiger partial charge in [-0.3, -0.25) is 0 Å². The van der Waals surface area contributed by atoms with E-state index in [1.165, 1.54) is 0 Å². The van der Waals surface area contributed by atoms with Crippen LogP contribution >= 0.6 is 0 Å². The lowest BCUT2D eigenvalue weighted by molar-refractivity contribution is -0.137. The zero-order chi connectivity index (χ0) is 15.0. The summed E-state index contributed by atoms with van der Waals surface area (Å²) in [5.74, 6) is -0.255. The molecule has 1 saturated heterocycles. The lowest BCUT2D eigenvalue weighted by atomic mass is 9.97. The number of ether oxygens (including phenoxy) is 1. The Morgan fingerprint density at radius 2 is 2.25 bits per heavy atom. The number of alkyl halides is 3. The molecule has 1 aliphatic heterocycles. The highest BCUT2D eigenvalue weighted by Gasteiger charge is 2.39. The highest BCUT2D eigenvalue weighted by Crippen LogP contribution is 2.32. The van der Waals surface area contributed by atoms with E-state index in [2.05, 4.69) is 10.3 Å². The first kappa shape index (κ1) is 14.9. The number of pyridine rings is 1. The Kier molecular flexibility index (Phi) is 3.79. The summed E-state index contributed by atoms with van der Waals surface area (Å²) >= 11 is 0. The zero-order valence-corrected chi connectivity index (χ0v) is 10.9. The second-order valence-corrected chi connectivity index (χ2v) is 4.88. The van der Waals surface area contributed by atoms with E-state index in [-0.39, 0.29) is 18.2 Å². The molecular weight excluding hydrogens is 275 g/mol. The minimum Gasteiger partial charge on any atom is -0.385 e. The molecule has 0 saturated carbocycles. The molecule has 2 atom stereocenters. The molecule has 0 radical (unpaired) electrons. The van der Waals surface area contributed by atoms with Gasteiger partial charge in [0.1, 0.15) is 17.2 Å². The summed E-state index contributed by atoms with van der Waals surface area (Å²) in [6, 6.07) is 1.63. The number of nitrogen functional groups attached to an aromatic ring is 1. The van der Waals surface area contributed by atoms with E-state index in [9.17, 15) is 18.3 Å². The van der Waals surface area contributed by atoms with Crippen LogP contribution in [-0.2, 0) is 10.9 Å². The van der Waals surface area contributed by atoms with Crippen molar-refractivity contribution < 1.29 is 23.0 Å². The number of halogens is 3. The molecule has 0 spiro atoms. The molecule has 8 heteroatoms. The normalized spacial score (nSPS) is 26.8. The van der Waals surface area contributed by atoms with Crippen molar-refractivity contribution in [3.8, 4) is 0 Å². The minimum absolute atomic E-state index is 0.0233. The van der Waals surface area contributed by atoms with Crippen molar-refractivity contribution in [2.75, 3.05) is 24.2 Å². The summed E-state index contributed by atoms with van der Waals surface area (Å²) in [5, 5.41) is 12.9. The number of nitrogens with one attached hydrogen (secondary N) is 1. The van der Waals surface area contributed by atoms with Gasteiger partial charge in [-0.25, -0.2) is 4.98 Å². The van der Waals surface area contributed by atoms with Gasteiger partial charge in [-0.05, 0) is 19.1 Å². The summed E-state index contributed by atoms with van der Waals surface area (Å²) < 4.78 is 43.2. The fraction of sp³-hybridized carbons (Fsp3) is 0.583. The summed E-state index contributed by atoms with van der Waals surface area (Å²) in [5.41, 5.74) is 3.36. The third kappa shape index (κ3) is 3.13. The molecule has 1 aliphatic rings. The SMILES string of the molecule is CC1OCCC1(O)CNc1cc(C(F)(F)F)cc(N)n1.